The van der Waals surface area contributed by atoms with E-state index in [4.69, 9.17) is 14.2 Å². The van der Waals surface area contributed by atoms with Crippen LogP contribution in [0.1, 0.15) is 17.4 Å². The molecule has 1 aliphatic heterocycles. The zero-order valence-electron chi connectivity index (χ0n) is 19.0. The highest BCUT2D eigenvalue weighted by atomic mass is 16.6. The van der Waals surface area contributed by atoms with E-state index in [1.54, 1.807) is 24.3 Å². The normalized spacial score (nSPS) is 13.1. The minimum Gasteiger partial charge on any atom is -0.486 e. The molecule has 4 aromatic rings. The second-order valence-electron chi connectivity index (χ2n) is 7.92. The van der Waals surface area contributed by atoms with Crippen molar-refractivity contribution in [3.8, 4) is 28.4 Å². The molecule has 176 valence electrons. The van der Waals surface area contributed by atoms with Gasteiger partial charge in [-0.2, -0.15) is 5.10 Å². The van der Waals surface area contributed by atoms with E-state index >= 15 is 0 Å². The van der Waals surface area contributed by atoms with E-state index in [1.807, 2.05) is 60.7 Å². The summed E-state index contributed by atoms with van der Waals surface area (Å²) < 4.78 is 18.1. The molecule has 0 radical (unpaired) electrons. The molecule has 3 aromatic carbocycles. The second kappa shape index (κ2) is 9.72. The summed E-state index contributed by atoms with van der Waals surface area (Å²) in [4.78, 5) is 25.9. The second-order valence-corrected chi connectivity index (χ2v) is 7.92. The monoisotopic (exact) mass is 469 g/mol. The molecule has 0 bridgehead atoms. The summed E-state index contributed by atoms with van der Waals surface area (Å²) in [5.74, 6) is 0.0495. The van der Waals surface area contributed by atoms with E-state index in [0.29, 0.717) is 41.8 Å². The number of carbonyl (C=O) groups excluding carboxylic acids is 2. The van der Waals surface area contributed by atoms with Crippen LogP contribution in [0.15, 0.2) is 84.9 Å². The lowest BCUT2D eigenvalue weighted by molar-refractivity contribution is -0.123. The number of rotatable bonds is 6. The van der Waals surface area contributed by atoms with Gasteiger partial charge in [0, 0.05) is 17.3 Å². The van der Waals surface area contributed by atoms with Crippen LogP contribution < -0.4 is 14.8 Å². The number of carbonyl (C=O) groups is 2. The van der Waals surface area contributed by atoms with Crippen molar-refractivity contribution < 1.29 is 23.8 Å². The van der Waals surface area contributed by atoms with E-state index in [2.05, 4.69) is 10.4 Å². The Morgan fingerprint density at radius 3 is 2.34 bits per heavy atom. The fourth-order valence-corrected chi connectivity index (χ4v) is 3.68. The number of nitrogens with zero attached hydrogens (tertiary/aromatic N) is 2. The van der Waals surface area contributed by atoms with Crippen LogP contribution in [0, 0.1) is 0 Å². The third-order valence-corrected chi connectivity index (χ3v) is 5.45. The molecule has 0 saturated carbocycles. The van der Waals surface area contributed by atoms with Crippen molar-refractivity contribution in [2.45, 2.75) is 13.0 Å². The molecule has 0 saturated heterocycles. The van der Waals surface area contributed by atoms with Gasteiger partial charge >= 0.3 is 5.97 Å². The van der Waals surface area contributed by atoms with Crippen LogP contribution in [-0.2, 0) is 9.53 Å². The summed E-state index contributed by atoms with van der Waals surface area (Å²) >= 11 is 0. The number of fused-ring (bicyclic) bond motifs is 1. The van der Waals surface area contributed by atoms with E-state index in [9.17, 15) is 9.59 Å². The molecular formula is C27H23N3O5. The first-order valence-corrected chi connectivity index (χ1v) is 11.2. The Kier molecular flexibility index (Phi) is 6.17. The number of para-hydroxylation sites is 1. The Labute approximate surface area is 202 Å². The van der Waals surface area contributed by atoms with Crippen LogP contribution in [0.25, 0.3) is 16.9 Å². The van der Waals surface area contributed by atoms with E-state index < -0.39 is 18.0 Å². The number of hydrogen-bond acceptors (Lipinski definition) is 6. The summed E-state index contributed by atoms with van der Waals surface area (Å²) in [5.41, 5.74) is 2.92. The molecule has 1 amide bonds. The Balaban J connectivity index is 1.35. The molecular weight excluding hydrogens is 446 g/mol. The van der Waals surface area contributed by atoms with Crippen LogP contribution >= 0.6 is 0 Å². The zero-order valence-corrected chi connectivity index (χ0v) is 19.0. The van der Waals surface area contributed by atoms with Crippen LogP contribution in [-0.4, -0.2) is 41.0 Å². The number of aromatic nitrogens is 2. The third kappa shape index (κ3) is 4.86. The number of benzene rings is 3. The summed E-state index contributed by atoms with van der Waals surface area (Å²) in [7, 11) is 0. The number of ether oxygens (including phenoxy) is 3. The molecule has 35 heavy (non-hydrogen) atoms. The van der Waals surface area contributed by atoms with Crippen molar-refractivity contribution in [1.29, 1.82) is 0 Å². The molecule has 2 heterocycles. The first-order valence-electron chi connectivity index (χ1n) is 11.2. The number of anilines is 1. The van der Waals surface area contributed by atoms with Gasteiger partial charge in [-0.15, -0.1) is 0 Å². The Bertz CT molecular complexity index is 1350. The average Bonchev–Trinajstić information content (AvgIpc) is 3.35. The van der Waals surface area contributed by atoms with Crippen molar-refractivity contribution >= 4 is 17.6 Å². The highest BCUT2D eigenvalue weighted by Crippen LogP contribution is 2.32. The van der Waals surface area contributed by atoms with Crippen molar-refractivity contribution in [1.82, 2.24) is 9.78 Å². The van der Waals surface area contributed by atoms with Crippen molar-refractivity contribution in [3.05, 3.63) is 90.6 Å². The minimum absolute atomic E-state index is 0.217. The number of amides is 1. The largest absolute Gasteiger partial charge is 0.486 e. The zero-order chi connectivity index (χ0) is 24.2. The quantitative estimate of drug-likeness (QED) is 0.418. The predicted octanol–water partition coefficient (Wildman–Crippen LogP) is 4.49. The maximum absolute atomic E-state index is 13.1. The number of hydrogen-bond donors (Lipinski definition) is 1. The number of nitrogens with one attached hydrogen (secondary N) is 1. The minimum atomic E-state index is -1.05. The molecule has 1 aromatic heterocycles. The van der Waals surface area contributed by atoms with E-state index in [-0.39, 0.29) is 5.69 Å². The maximum Gasteiger partial charge on any atom is 0.357 e. The van der Waals surface area contributed by atoms with Gasteiger partial charge in [-0.3, -0.25) is 4.79 Å². The lowest BCUT2D eigenvalue weighted by Crippen LogP contribution is -2.30. The van der Waals surface area contributed by atoms with Gasteiger partial charge in [0.15, 0.2) is 23.3 Å². The molecule has 1 aliphatic rings. The Morgan fingerprint density at radius 1 is 0.914 bits per heavy atom. The summed E-state index contributed by atoms with van der Waals surface area (Å²) in [6, 6.07) is 25.6. The van der Waals surface area contributed by atoms with Gasteiger partial charge in [0.2, 0.25) is 0 Å². The van der Waals surface area contributed by atoms with Gasteiger partial charge in [-0.25, -0.2) is 9.48 Å². The topological polar surface area (TPSA) is 91.7 Å². The summed E-state index contributed by atoms with van der Waals surface area (Å²) in [5, 5.41) is 7.37. The van der Waals surface area contributed by atoms with E-state index in [1.165, 1.54) is 11.6 Å². The van der Waals surface area contributed by atoms with Crippen molar-refractivity contribution in [2.24, 2.45) is 0 Å². The van der Waals surface area contributed by atoms with Gasteiger partial charge < -0.3 is 19.5 Å². The molecule has 1 unspecified atom stereocenters. The maximum atomic E-state index is 13.1. The van der Waals surface area contributed by atoms with E-state index in [0.717, 1.165) is 5.56 Å². The third-order valence-electron chi connectivity index (χ3n) is 5.45. The summed E-state index contributed by atoms with van der Waals surface area (Å²) in [6.45, 7) is 2.45. The van der Waals surface area contributed by atoms with Crippen LogP contribution in [0.4, 0.5) is 5.69 Å². The van der Waals surface area contributed by atoms with Crippen LogP contribution in [0.2, 0.25) is 0 Å². The molecule has 1 N–H and O–H groups in total. The lowest BCUT2D eigenvalue weighted by atomic mass is 10.1. The van der Waals surface area contributed by atoms with Crippen LogP contribution in [0.5, 0.6) is 11.5 Å². The van der Waals surface area contributed by atoms with Gasteiger partial charge in [-0.05, 0) is 37.3 Å². The first kappa shape index (κ1) is 22.2. The average molecular weight is 469 g/mol. The highest BCUT2D eigenvalue weighted by Gasteiger charge is 2.24. The standard InChI is InChI=1S/C27H23N3O5/c1-18(26(31)28-20-12-13-24-25(16-20)34-15-14-33-24)35-27(32)23-17-22(19-8-4-2-5-9-19)29-30(23)21-10-6-3-7-11-21/h2-13,16-18H,14-15H2,1H3,(H,28,31). The highest BCUT2D eigenvalue weighted by molar-refractivity contribution is 5.97. The fraction of sp³-hybridized carbons (Fsp3) is 0.148. The molecule has 0 spiro atoms. The van der Waals surface area contributed by atoms with Gasteiger partial charge in [0.25, 0.3) is 5.91 Å². The summed E-state index contributed by atoms with van der Waals surface area (Å²) in [6.07, 6.45) is -1.05. The van der Waals surface area contributed by atoms with Crippen molar-refractivity contribution in [2.75, 3.05) is 18.5 Å². The number of esters is 1. The molecule has 0 aliphatic carbocycles. The SMILES string of the molecule is CC(OC(=O)c1cc(-c2ccccc2)nn1-c1ccccc1)C(=O)Nc1ccc2c(c1)OCCO2. The Hall–Kier alpha value is -4.59. The molecule has 1 atom stereocenters. The molecule has 8 nitrogen and oxygen atoms in total. The van der Waals surface area contributed by atoms with Gasteiger partial charge in [0.1, 0.15) is 13.2 Å². The Morgan fingerprint density at radius 2 is 1.60 bits per heavy atom. The van der Waals surface area contributed by atoms with Gasteiger partial charge in [-0.1, -0.05) is 48.5 Å². The molecule has 0 fully saturated rings. The van der Waals surface area contributed by atoms with Crippen molar-refractivity contribution in [3.63, 3.8) is 0 Å². The fourth-order valence-electron chi connectivity index (χ4n) is 3.68. The smallest absolute Gasteiger partial charge is 0.357 e. The molecule has 8 heteroatoms. The van der Waals surface area contributed by atoms with Gasteiger partial charge in [0.05, 0.1) is 11.4 Å². The lowest BCUT2D eigenvalue weighted by Gasteiger charge is -2.19. The first-order chi connectivity index (χ1) is 17.1. The predicted molar refractivity (Wildman–Crippen MR) is 130 cm³/mol. The molecule has 5 rings (SSSR count). The van der Waals surface area contributed by atoms with Crippen LogP contribution in [0.3, 0.4) is 0 Å².